The summed E-state index contributed by atoms with van der Waals surface area (Å²) in [5.41, 5.74) is 20.1. The third kappa shape index (κ3) is 4.48. The Morgan fingerprint density at radius 2 is 1.62 bits per heavy atom. The summed E-state index contributed by atoms with van der Waals surface area (Å²) in [5.74, 6) is 1.10. The van der Waals surface area contributed by atoms with Crippen LogP contribution in [0.5, 0.6) is 11.5 Å². The second-order valence-electron chi connectivity index (χ2n) is 6.38. The lowest BCUT2D eigenvalue weighted by molar-refractivity contribution is 0.325. The molecule has 0 bridgehead atoms. The van der Waals surface area contributed by atoms with E-state index in [2.05, 4.69) is 9.97 Å². The number of nitrogens with two attached hydrogens (primary N) is 3. The summed E-state index contributed by atoms with van der Waals surface area (Å²) in [4.78, 5) is 8.01. The molecule has 0 aliphatic heterocycles. The van der Waals surface area contributed by atoms with Gasteiger partial charge in [0, 0.05) is 18.2 Å². The van der Waals surface area contributed by atoms with Gasteiger partial charge in [-0.3, -0.25) is 0 Å². The first-order chi connectivity index (χ1) is 13.9. The van der Waals surface area contributed by atoms with Crippen molar-refractivity contribution in [3.8, 4) is 22.6 Å². The average molecular weight is 397 g/mol. The van der Waals surface area contributed by atoms with Gasteiger partial charge >= 0.3 is 0 Å². The van der Waals surface area contributed by atoms with Gasteiger partial charge in [0.25, 0.3) is 0 Å². The summed E-state index contributed by atoms with van der Waals surface area (Å²) in [6, 6.07) is 8.40. The summed E-state index contributed by atoms with van der Waals surface area (Å²) in [6.45, 7) is 4.64. The van der Waals surface area contributed by atoms with Crippen LogP contribution < -0.4 is 26.7 Å². The number of aromatic nitrogens is 2. The molecule has 0 radical (unpaired) electrons. The number of rotatable bonds is 7. The lowest BCUT2D eigenvalue weighted by Crippen LogP contribution is -2.05. The first-order valence-electron chi connectivity index (χ1n) is 9.27. The van der Waals surface area contributed by atoms with Crippen LogP contribution >= 0.6 is 0 Å². The summed E-state index contributed by atoms with van der Waals surface area (Å²) in [6.07, 6.45) is 2.06. The van der Waals surface area contributed by atoms with Crippen molar-refractivity contribution in [2.75, 3.05) is 30.4 Å². The van der Waals surface area contributed by atoms with E-state index in [0.29, 0.717) is 48.1 Å². The van der Waals surface area contributed by atoms with E-state index >= 15 is 0 Å². The normalized spacial score (nSPS) is 10.7. The number of nitrogens with zero attached hydrogens (tertiary/aromatic N) is 2. The number of hydrogen-bond donors (Lipinski definition) is 3. The number of benzene rings is 2. The monoisotopic (exact) mass is 397 g/mol. The molecule has 29 heavy (non-hydrogen) atoms. The molecular weight excluding hydrogens is 373 g/mol. The van der Waals surface area contributed by atoms with E-state index in [-0.39, 0.29) is 11.6 Å². The zero-order valence-corrected chi connectivity index (χ0v) is 16.4. The van der Waals surface area contributed by atoms with Crippen molar-refractivity contribution in [2.45, 2.75) is 20.3 Å². The molecule has 0 amide bonds. The van der Waals surface area contributed by atoms with Crippen molar-refractivity contribution in [3.63, 3.8) is 0 Å². The highest BCUT2D eigenvalue weighted by Crippen LogP contribution is 2.41. The van der Waals surface area contributed by atoms with E-state index in [0.717, 1.165) is 11.1 Å². The maximum absolute atomic E-state index is 14.1. The van der Waals surface area contributed by atoms with E-state index in [1.807, 2.05) is 26.0 Å². The van der Waals surface area contributed by atoms with E-state index in [9.17, 15) is 4.39 Å². The van der Waals surface area contributed by atoms with Crippen LogP contribution in [0.1, 0.15) is 25.0 Å². The lowest BCUT2D eigenvalue weighted by atomic mass is 9.98. The Hall–Kier alpha value is -3.55. The fourth-order valence-electron chi connectivity index (χ4n) is 3.04. The molecule has 0 atom stereocenters. The molecule has 0 unspecified atom stereocenters. The van der Waals surface area contributed by atoms with Crippen LogP contribution in [0.2, 0.25) is 0 Å². The van der Waals surface area contributed by atoms with Crippen molar-refractivity contribution in [1.82, 2.24) is 9.97 Å². The number of anilines is 3. The van der Waals surface area contributed by atoms with Gasteiger partial charge in [-0.25, -0.2) is 9.37 Å². The Morgan fingerprint density at radius 3 is 2.17 bits per heavy atom. The zero-order chi connectivity index (χ0) is 21.0. The molecule has 0 aliphatic carbocycles. The molecule has 3 rings (SSSR count). The lowest BCUT2D eigenvalue weighted by Gasteiger charge is -2.18. The summed E-state index contributed by atoms with van der Waals surface area (Å²) in [7, 11) is 0. The third-order valence-corrected chi connectivity index (χ3v) is 4.33. The highest BCUT2D eigenvalue weighted by Gasteiger charge is 2.18. The Bertz CT molecular complexity index is 999. The first kappa shape index (κ1) is 20.2. The maximum atomic E-state index is 14.1. The molecule has 0 fully saturated rings. The predicted octanol–water partition coefficient (Wildman–Crippen LogP) is 3.42. The molecule has 1 heterocycles. The van der Waals surface area contributed by atoms with Gasteiger partial charge in [0.05, 0.1) is 24.5 Å². The highest BCUT2D eigenvalue weighted by atomic mass is 19.1. The van der Waals surface area contributed by atoms with E-state index in [1.165, 1.54) is 12.1 Å². The molecule has 3 aromatic rings. The molecule has 6 N–H and O–H groups in total. The predicted molar refractivity (Wildman–Crippen MR) is 112 cm³/mol. The van der Waals surface area contributed by atoms with Gasteiger partial charge < -0.3 is 26.7 Å². The van der Waals surface area contributed by atoms with Crippen molar-refractivity contribution in [1.29, 1.82) is 0 Å². The SMILES string of the molecule is CCOc1cc(Cc2cnc(N)nc2N)cc(OCC)c1-c1ccc(N)c(F)c1. The van der Waals surface area contributed by atoms with Gasteiger partial charge in [0.15, 0.2) is 0 Å². The van der Waals surface area contributed by atoms with Gasteiger partial charge in [0.2, 0.25) is 5.95 Å². The number of nitrogen functional groups attached to an aromatic ring is 3. The molecule has 0 aliphatic rings. The summed E-state index contributed by atoms with van der Waals surface area (Å²) < 4.78 is 25.8. The highest BCUT2D eigenvalue weighted by molar-refractivity contribution is 5.78. The number of hydrogen-bond acceptors (Lipinski definition) is 7. The van der Waals surface area contributed by atoms with E-state index in [1.54, 1.807) is 12.3 Å². The minimum absolute atomic E-state index is 0.0834. The van der Waals surface area contributed by atoms with Crippen LogP contribution in [0.3, 0.4) is 0 Å². The van der Waals surface area contributed by atoms with E-state index in [4.69, 9.17) is 26.7 Å². The van der Waals surface area contributed by atoms with Crippen molar-refractivity contribution >= 4 is 17.5 Å². The molecule has 0 saturated carbocycles. The quantitative estimate of drug-likeness (QED) is 0.522. The molecular formula is C21H24FN5O2. The van der Waals surface area contributed by atoms with Crippen LogP contribution in [0.25, 0.3) is 11.1 Å². The Labute approximate surface area is 168 Å². The molecule has 8 heteroatoms. The topological polar surface area (TPSA) is 122 Å². The summed E-state index contributed by atoms with van der Waals surface area (Å²) in [5, 5.41) is 0. The van der Waals surface area contributed by atoms with Gasteiger partial charge in [-0.1, -0.05) is 6.07 Å². The van der Waals surface area contributed by atoms with Crippen LogP contribution in [-0.2, 0) is 6.42 Å². The van der Waals surface area contributed by atoms with Crippen molar-refractivity contribution in [2.24, 2.45) is 0 Å². The minimum Gasteiger partial charge on any atom is -0.493 e. The Kier molecular flexibility index (Phi) is 6.01. The Morgan fingerprint density at radius 1 is 0.966 bits per heavy atom. The zero-order valence-electron chi connectivity index (χ0n) is 16.4. The van der Waals surface area contributed by atoms with Crippen LogP contribution in [0.4, 0.5) is 21.8 Å². The molecule has 152 valence electrons. The molecule has 2 aromatic carbocycles. The molecule has 0 saturated heterocycles. The van der Waals surface area contributed by atoms with Gasteiger partial charge in [0.1, 0.15) is 23.1 Å². The van der Waals surface area contributed by atoms with Crippen molar-refractivity contribution < 1.29 is 13.9 Å². The smallest absolute Gasteiger partial charge is 0.221 e. The molecule has 0 spiro atoms. The third-order valence-electron chi connectivity index (χ3n) is 4.33. The Balaban J connectivity index is 2.11. The van der Waals surface area contributed by atoms with Crippen LogP contribution in [-0.4, -0.2) is 23.2 Å². The van der Waals surface area contributed by atoms with E-state index < -0.39 is 5.82 Å². The second kappa shape index (κ2) is 8.64. The van der Waals surface area contributed by atoms with Gasteiger partial charge in [-0.2, -0.15) is 4.98 Å². The van der Waals surface area contributed by atoms with Crippen LogP contribution in [0.15, 0.2) is 36.5 Å². The standard InChI is InChI=1S/C21H24FN5O2/c1-3-28-17-8-12(7-14-11-26-21(25)27-20(14)24)9-18(29-4-2)19(17)13-5-6-16(23)15(22)10-13/h5-6,8-11H,3-4,7,23H2,1-2H3,(H4,24,25,26,27). The van der Waals surface area contributed by atoms with Crippen LogP contribution in [0, 0.1) is 5.82 Å². The maximum Gasteiger partial charge on any atom is 0.221 e. The molecule has 7 nitrogen and oxygen atoms in total. The van der Waals surface area contributed by atoms with Crippen molar-refractivity contribution in [3.05, 3.63) is 53.5 Å². The minimum atomic E-state index is -0.497. The number of halogens is 1. The number of ether oxygens (including phenoxy) is 2. The second-order valence-corrected chi connectivity index (χ2v) is 6.38. The largest absolute Gasteiger partial charge is 0.493 e. The van der Waals surface area contributed by atoms with Gasteiger partial charge in [-0.15, -0.1) is 0 Å². The average Bonchev–Trinajstić information content (AvgIpc) is 2.67. The molecule has 1 aromatic heterocycles. The van der Waals surface area contributed by atoms with Gasteiger partial charge in [-0.05, 0) is 49.2 Å². The first-order valence-corrected chi connectivity index (χ1v) is 9.27. The fraction of sp³-hybridized carbons (Fsp3) is 0.238. The fourth-order valence-corrected chi connectivity index (χ4v) is 3.04. The summed E-state index contributed by atoms with van der Waals surface area (Å²) >= 11 is 0.